The van der Waals surface area contributed by atoms with Crippen molar-refractivity contribution in [3.8, 4) is 0 Å². The van der Waals surface area contributed by atoms with Gasteiger partial charge in [0.2, 0.25) is 0 Å². The Bertz CT molecular complexity index is 227. The average molecular weight is 209 g/mol. The summed E-state index contributed by atoms with van der Waals surface area (Å²) in [4.78, 5) is 0. The third-order valence-electron chi connectivity index (χ3n) is 3.61. The van der Waals surface area contributed by atoms with Gasteiger partial charge in [-0.05, 0) is 37.5 Å². The van der Waals surface area contributed by atoms with Gasteiger partial charge in [-0.1, -0.05) is 0 Å². The predicted octanol–water partition coefficient (Wildman–Crippen LogP) is 1.43. The molecule has 0 saturated heterocycles. The van der Waals surface area contributed by atoms with Crippen molar-refractivity contribution in [3.05, 3.63) is 0 Å². The van der Waals surface area contributed by atoms with Gasteiger partial charge in [0, 0.05) is 6.04 Å². The summed E-state index contributed by atoms with van der Waals surface area (Å²) in [6, 6.07) is 0.0304. The van der Waals surface area contributed by atoms with E-state index in [0.717, 1.165) is 0 Å². The molecular weight excluding hydrogens is 195 g/mol. The summed E-state index contributed by atoms with van der Waals surface area (Å²) in [5.41, 5.74) is 3.22. The van der Waals surface area contributed by atoms with E-state index in [9.17, 15) is 18.3 Å². The van der Waals surface area contributed by atoms with Crippen LogP contribution in [0, 0.1) is 11.8 Å². The van der Waals surface area contributed by atoms with E-state index >= 15 is 0 Å². The summed E-state index contributed by atoms with van der Waals surface area (Å²) >= 11 is 0. The molecule has 2 atom stereocenters. The van der Waals surface area contributed by atoms with Crippen molar-refractivity contribution in [2.75, 3.05) is 0 Å². The van der Waals surface area contributed by atoms with E-state index in [1.165, 1.54) is 0 Å². The average Bonchev–Trinajstić information content (AvgIpc) is 2.39. The third kappa shape index (κ3) is 1.42. The number of aliphatic hydroxyl groups is 1. The standard InChI is InChI=1S/C9H14F3NO/c10-9(11,12)8(14)3-5-1-7(13)2-6(5)4-8/h5-7,14H,1-4,13H2. The third-order valence-corrected chi connectivity index (χ3v) is 3.61. The number of rotatable bonds is 0. The summed E-state index contributed by atoms with van der Waals surface area (Å²) in [5, 5.41) is 9.45. The van der Waals surface area contributed by atoms with Crippen molar-refractivity contribution in [2.24, 2.45) is 17.6 Å². The summed E-state index contributed by atoms with van der Waals surface area (Å²) in [7, 11) is 0. The molecule has 82 valence electrons. The quantitative estimate of drug-likeness (QED) is 0.634. The van der Waals surface area contributed by atoms with Gasteiger partial charge in [0.25, 0.3) is 0 Å². The molecule has 0 aromatic rings. The van der Waals surface area contributed by atoms with E-state index in [0.29, 0.717) is 12.8 Å². The fraction of sp³-hybridized carbons (Fsp3) is 1.00. The maximum Gasteiger partial charge on any atom is 0.417 e. The van der Waals surface area contributed by atoms with Crippen LogP contribution in [-0.2, 0) is 0 Å². The van der Waals surface area contributed by atoms with E-state index in [1.54, 1.807) is 0 Å². The van der Waals surface area contributed by atoms with Crippen LogP contribution in [0.2, 0.25) is 0 Å². The maximum absolute atomic E-state index is 12.5. The molecule has 2 aliphatic rings. The van der Waals surface area contributed by atoms with E-state index in [4.69, 9.17) is 5.73 Å². The molecule has 0 bridgehead atoms. The van der Waals surface area contributed by atoms with Crippen LogP contribution in [0.3, 0.4) is 0 Å². The number of nitrogens with two attached hydrogens (primary N) is 1. The first-order valence-corrected chi connectivity index (χ1v) is 4.86. The molecule has 0 amide bonds. The van der Waals surface area contributed by atoms with Crippen LogP contribution in [0.1, 0.15) is 25.7 Å². The molecule has 2 fully saturated rings. The van der Waals surface area contributed by atoms with E-state index in [2.05, 4.69) is 0 Å². The maximum atomic E-state index is 12.5. The van der Waals surface area contributed by atoms with Crippen molar-refractivity contribution >= 4 is 0 Å². The van der Waals surface area contributed by atoms with Crippen LogP contribution in [0.4, 0.5) is 13.2 Å². The van der Waals surface area contributed by atoms with Crippen LogP contribution < -0.4 is 5.73 Å². The molecule has 5 heteroatoms. The second-order valence-electron chi connectivity index (χ2n) is 4.69. The van der Waals surface area contributed by atoms with Gasteiger partial charge in [0.15, 0.2) is 5.60 Å². The monoisotopic (exact) mass is 209 g/mol. The van der Waals surface area contributed by atoms with E-state index < -0.39 is 11.8 Å². The van der Waals surface area contributed by atoms with Crippen molar-refractivity contribution in [2.45, 2.75) is 43.5 Å². The Balaban J connectivity index is 2.10. The molecule has 0 spiro atoms. The summed E-state index contributed by atoms with van der Waals surface area (Å²) in [5.74, 6) is -0.0618. The van der Waals surface area contributed by atoms with E-state index in [-0.39, 0.29) is 30.7 Å². The number of fused-ring (bicyclic) bond motifs is 1. The molecule has 3 N–H and O–H groups in total. The molecule has 0 aliphatic heterocycles. The molecule has 14 heavy (non-hydrogen) atoms. The van der Waals surface area contributed by atoms with Gasteiger partial charge in [0.05, 0.1) is 0 Å². The molecule has 0 aromatic heterocycles. The normalized spacial score (nSPS) is 48.2. The van der Waals surface area contributed by atoms with Crippen molar-refractivity contribution in [1.29, 1.82) is 0 Å². The van der Waals surface area contributed by atoms with Crippen LogP contribution in [0.25, 0.3) is 0 Å². The first-order chi connectivity index (χ1) is 6.32. The summed E-state index contributed by atoms with van der Waals surface area (Å²) in [6.45, 7) is 0. The molecule has 0 radical (unpaired) electrons. The Labute approximate surface area is 80.3 Å². The molecule has 2 aliphatic carbocycles. The Hall–Kier alpha value is -0.290. The number of hydrogen-bond acceptors (Lipinski definition) is 2. The zero-order chi connectivity index (χ0) is 10.6. The van der Waals surface area contributed by atoms with Crippen LogP contribution in [0.5, 0.6) is 0 Å². The minimum atomic E-state index is -4.48. The number of halogens is 3. The molecule has 0 heterocycles. The number of hydrogen-bond donors (Lipinski definition) is 2. The highest BCUT2D eigenvalue weighted by Crippen LogP contribution is 2.53. The molecule has 2 saturated carbocycles. The summed E-state index contributed by atoms with van der Waals surface area (Å²) in [6.07, 6.45) is -3.54. The second-order valence-corrected chi connectivity index (χ2v) is 4.69. The molecular formula is C9H14F3NO. The van der Waals surface area contributed by atoms with Crippen LogP contribution in [0.15, 0.2) is 0 Å². The van der Waals surface area contributed by atoms with Gasteiger partial charge >= 0.3 is 6.18 Å². The van der Waals surface area contributed by atoms with E-state index in [1.807, 2.05) is 0 Å². The van der Waals surface area contributed by atoms with Gasteiger partial charge in [-0.15, -0.1) is 0 Å². The highest BCUT2D eigenvalue weighted by atomic mass is 19.4. The summed E-state index contributed by atoms with van der Waals surface area (Å²) < 4.78 is 37.4. The Morgan fingerprint density at radius 2 is 1.57 bits per heavy atom. The molecule has 2 nitrogen and oxygen atoms in total. The minimum Gasteiger partial charge on any atom is -0.380 e. The largest absolute Gasteiger partial charge is 0.417 e. The number of alkyl halides is 3. The Kier molecular flexibility index (Phi) is 2.09. The molecule has 2 unspecified atom stereocenters. The predicted molar refractivity (Wildman–Crippen MR) is 44.4 cm³/mol. The van der Waals surface area contributed by atoms with Gasteiger partial charge in [-0.3, -0.25) is 0 Å². The Morgan fingerprint density at radius 1 is 1.14 bits per heavy atom. The lowest BCUT2D eigenvalue weighted by Gasteiger charge is -2.26. The first kappa shape index (κ1) is 10.2. The fourth-order valence-corrected chi connectivity index (χ4v) is 2.94. The first-order valence-electron chi connectivity index (χ1n) is 4.86. The molecule has 2 rings (SSSR count). The fourth-order valence-electron chi connectivity index (χ4n) is 2.94. The van der Waals surface area contributed by atoms with Crippen molar-refractivity contribution in [3.63, 3.8) is 0 Å². The van der Waals surface area contributed by atoms with Crippen LogP contribution in [-0.4, -0.2) is 22.9 Å². The van der Waals surface area contributed by atoms with Crippen molar-refractivity contribution < 1.29 is 18.3 Å². The highest BCUT2D eigenvalue weighted by molar-refractivity contribution is 5.03. The molecule has 0 aromatic carbocycles. The van der Waals surface area contributed by atoms with Gasteiger partial charge in [0.1, 0.15) is 0 Å². The zero-order valence-corrected chi connectivity index (χ0v) is 7.72. The van der Waals surface area contributed by atoms with Gasteiger partial charge in [-0.25, -0.2) is 0 Å². The van der Waals surface area contributed by atoms with Crippen molar-refractivity contribution in [1.82, 2.24) is 0 Å². The van der Waals surface area contributed by atoms with Gasteiger partial charge in [-0.2, -0.15) is 13.2 Å². The smallest absolute Gasteiger partial charge is 0.380 e. The second kappa shape index (κ2) is 2.85. The highest BCUT2D eigenvalue weighted by Gasteiger charge is 2.61. The SMILES string of the molecule is NC1CC2CC(O)(C(F)(F)F)CC2C1. The Morgan fingerprint density at radius 3 is 1.93 bits per heavy atom. The van der Waals surface area contributed by atoms with Crippen LogP contribution >= 0.6 is 0 Å². The lowest BCUT2D eigenvalue weighted by Crippen LogP contribution is -2.43. The zero-order valence-electron chi connectivity index (χ0n) is 7.72. The lowest BCUT2D eigenvalue weighted by molar-refractivity contribution is -0.259. The van der Waals surface area contributed by atoms with Gasteiger partial charge < -0.3 is 10.8 Å². The minimum absolute atomic E-state index is 0.0304. The topological polar surface area (TPSA) is 46.2 Å². The lowest BCUT2D eigenvalue weighted by atomic mass is 9.97.